The maximum Gasteiger partial charge on any atom is 0.410 e. The molecular weight excluding hydrogens is 436 g/mol. The molecule has 1 saturated carbocycles. The molecule has 0 bridgehead atoms. The molecule has 1 amide bonds. The summed E-state index contributed by atoms with van der Waals surface area (Å²) in [6.45, 7) is 8.07. The number of carboxylic acid groups (broad SMARTS) is 1. The largest absolute Gasteiger partial charge is 0.489 e. The molecule has 2 N–H and O–H groups in total. The average Bonchev–Trinajstić information content (AvgIpc) is 3.36. The summed E-state index contributed by atoms with van der Waals surface area (Å²) in [6, 6.07) is 1.32. The fourth-order valence-corrected chi connectivity index (χ4v) is 4.67. The normalized spacial score (nSPS) is 22.2. The Labute approximate surface area is 193 Å². The highest BCUT2D eigenvalue weighted by Gasteiger charge is 2.52. The summed E-state index contributed by atoms with van der Waals surface area (Å²) < 4.78 is 11.3. The van der Waals surface area contributed by atoms with Gasteiger partial charge in [0.2, 0.25) is 0 Å². The van der Waals surface area contributed by atoms with Crippen LogP contribution in [0.25, 0.3) is 0 Å². The molecule has 0 aromatic carbocycles. The van der Waals surface area contributed by atoms with E-state index in [-0.39, 0.29) is 40.7 Å². The zero-order chi connectivity index (χ0) is 23.1. The number of carbonyl (C=O) groups excluding carboxylic acids is 1. The number of amides is 1. The second kappa shape index (κ2) is 8.59. The lowest BCUT2D eigenvalue weighted by atomic mass is 10.1. The molecule has 1 spiro atoms. The van der Waals surface area contributed by atoms with E-state index in [4.69, 9.17) is 21.1 Å². The van der Waals surface area contributed by atoms with Crippen LogP contribution in [-0.4, -0.2) is 77.0 Å². The molecular formula is C22H31ClN4O5. The van der Waals surface area contributed by atoms with E-state index in [0.717, 1.165) is 32.2 Å². The van der Waals surface area contributed by atoms with Crippen molar-refractivity contribution in [3.05, 3.63) is 16.8 Å². The molecule has 3 fully saturated rings. The van der Waals surface area contributed by atoms with E-state index in [0.29, 0.717) is 25.5 Å². The second-order valence-corrected chi connectivity index (χ2v) is 10.2. The number of hydrogen-bond acceptors (Lipinski definition) is 7. The van der Waals surface area contributed by atoms with Crippen LogP contribution in [-0.2, 0) is 4.74 Å². The van der Waals surface area contributed by atoms with Gasteiger partial charge in [-0.3, -0.25) is 0 Å². The summed E-state index contributed by atoms with van der Waals surface area (Å²) in [5.41, 5.74) is -0.402. The summed E-state index contributed by atoms with van der Waals surface area (Å²) in [5, 5.41) is 13.3. The highest BCUT2D eigenvalue weighted by atomic mass is 35.5. The first-order chi connectivity index (χ1) is 15.1. The number of carboxylic acids is 1. The summed E-state index contributed by atoms with van der Waals surface area (Å²) in [7, 11) is 0. The number of carbonyl (C=O) groups is 2. The van der Waals surface area contributed by atoms with Gasteiger partial charge in [-0.1, -0.05) is 11.6 Å². The summed E-state index contributed by atoms with van der Waals surface area (Å²) >= 11 is 6.41. The van der Waals surface area contributed by atoms with Crippen molar-refractivity contribution >= 4 is 29.5 Å². The quantitative estimate of drug-likeness (QED) is 0.638. The number of pyridine rings is 1. The van der Waals surface area contributed by atoms with Crippen molar-refractivity contribution in [3.63, 3.8) is 0 Å². The van der Waals surface area contributed by atoms with Crippen LogP contribution >= 0.6 is 11.6 Å². The van der Waals surface area contributed by atoms with Gasteiger partial charge in [0.1, 0.15) is 23.6 Å². The smallest absolute Gasteiger partial charge is 0.410 e. The Bertz CT molecular complexity index is 899. The predicted molar refractivity (Wildman–Crippen MR) is 120 cm³/mol. The first-order valence-corrected chi connectivity index (χ1v) is 11.5. The number of halogens is 1. The standard InChI is InChI=1S/C22H31ClN4O5/c1-21(2,3)32-20(30)26-10-8-24-14(12-26)13-31-16-11-15(19(28)29)18(25-17(16)23)27-9-4-5-22(27)6-7-22/h11,14,24H,4-10,12-13H2,1-3H3,(H,28,29). The van der Waals surface area contributed by atoms with Crippen LogP contribution in [0.3, 0.4) is 0 Å². The van der Waals surface area contributed by atoms with Gasteiger partial charge in [0, 0.05) is 37.8 Å². The van der Waals surface area contributed by atoms with Crippen LogP contribution < -0.4 is 15.0 Å². The van der Waals surface area contributed by atoms with Crippen LogP contribution in [0.15, 0.2) is 6.07 Å². The molecule has 10 heteroatoms. The summed E-state index contributed by atoms with van der Waals surface area (Å²) in [6.07, 6.45) is 3.85. The molecule has 2 aliphatic heterocycles. The summed E-state index contributed by atoms with van der Waals surface area (Å²) in [5.74, 6) is -0.395. The molecule has 32 heavy (non-hydrogen) atoms. The van der Waals surface area contributed by atoms with E-state index in [1.165, 1.54) is 6.07 Å². The highest BCUT2D eigenvalue weighted by molar-refractivity contribution is 6.31. The maximum absolute atomic E-state index is 12.4. The third kappa shape index (κ3) is 4.88. The summed E-state index contributed by atoms with van der Waals surface area (Å²) in [4.78, 5) is 32.5. The van der Waals surface area contributed by atoms with Gasteiger partial charge >= 0.3 is 12.1 Å². The Morgan fingerprint density at radius 3 is 2.72 bits per heavy atom. The third-order valence-electron chi connectivity index (χ3n) is 6.18. The topological polar surface area (TPSA) is 104 Å². The van der Waals surface area contributed by atoms with E-state index in [9.17, 15) is 14.7 Å². The Morgan fingerprint density at radius 2 is 2.06 bits per heavy atom. The van der Waals surface area contributed by atoms with Crippen molar-refractivity contribution in [1.29, 1.82) is 0 Å². The lowest BCUT2D eigenvalue weighted by molar-refractivity contribution is 0.0178. The van der Waals surface area contributed by atoms with Gasteiger partial charge in [0.15, 0.2) is 10.9 Å². The number of ether oxygens (including phenoxy) is 2. The van der Waals surface area contributed by atoms with Crippen molar-refractivity contribution < 1.29 is 24.2 Å². The first kappa shape index (κ1) is 22.9. The van der Waals surface area contributed by atoms with Gasteiger partial charge in [-0.15, -0.1) is 0 Å². The molecule has 1 atom stereocenters. The highest BCUT2D eigenvalue weighted by Crippen LogP contribution is 2.52. The maximum atomic E-state index is 12.4. The van der Waals surface area contributed by atoms with Crippen LogP contribution in [0.5, 0.6) is 5.75 Å². The number of aromatic nitrogens is 1. The zero-order valence-electron chi connectivity index (χ0n) is 18.8. The first-order valence-electron chi connectivity index (χ1n) is 11.1. The molecule has 176 valence electrons. The minimum atomic E-state index is -1.05. The van der Waals surface area contributed by atoms with Gasteiger partial charge < -0.3 is 29.7 Å². The monoisotopic (exact) mass is 466 g/mol. The van der Waals surface area contributed by atoms with Gasteiger partial charge in [0.05, 0.1) is 6.04 Å². The van der Waals surface area contributed by atoms with Crippen molar-refractivity contribution in [2.75, 3.05) is 37.7 Å². The van der Waals surface area contributed by atoms with Crippen LogP contribution in [0.1, 0.15) is 56.8 Å². The number of aromatic carboxylic acids is 1. The molecule has 1 aliphatic carbocycles. The molecule has 3 aliphatic rings. The minimum Gasteiger partial charge on any atom is -0.489 e. The molecule has 1 aromatic heterocycles. The van der Waals surface area contributed by atoms with Crippen LogP contribution in [0, 0.1) is 0 Å². The third-order valence-corrected chi connectivity index (χ3v) is 6.45. The zero-order valence-corrected chi connectivity index (χ0v) is 19.6. The second-order valence-electron chi connectivity index (χ2n) is 9.82. The Hall–Kier alpha value is -2.26. The van der Waals surface area contributed by atoms with Gasteiger partial charge in [-0.2, -0.15) is 0 Å². The Morgan fingerprint density at radius 1 is 1.31 bits per heavy atom. The molecule has 0 radical (unpaired) electrons. The molecule has 4 rings (SSSR count). The van der Waals surface area contributed by atoms with E-state index in [1.807, 2.05) is 20.8 Å². The van der Waals surface area contributed by atoms with Crippen molar-refractivity contribution in [2.24, 2.45) is 0 Å². The molecule has 1 aromatic rings. The van der Waals surface area contributed by atoms with Crippen LogP contribution in [0.2, 0.25) is 5.15 Å². The number of nitrogens with zero attached hydrogens (tertiary/aromatic N) is 3. The SMILES string of the molecule is CC(C)(C)OC(=O)N1CCNC(COc2cc(C(=O)O)c(N3CCCC34CC4)nc2Cl)C1. The fraction of sp³-hybridized carbons (Fsp3) is 0.682. The van der Waals surface area contributed by atoms with E-state index >= 15 is 0 Å². The minimum absolute atomic E-state index is 0.0556. The van der Waals surface area contributed by atoms with Gasteiger partial charge in [0.25, 0.3) is 0 Å². The van der Waals surface area contributed by atoms with Crippen molar-refractivity contribution in [3.8, 4) is 5.75 Å². The fourth-order valence-electron chi connectivity index (χ4n) is 4.48. The number of anilines is 1. The van der Waals surface area contributed by atoms with E-state index < -0.39 is 11.6 Å². The lowest BCUT2D eigenvalue weighted by Crippen LogP contribution is -2.55. The number of rotatable bonds is 5. The van der Waals surface area contributed by atoms with Gasteiger partial charge in [-0.05, 0) is 46.5 Å². The molecule has 9 nitrogen and oxygen atoms in total. The average molecular weight is 467 g/mol. The predicted octanol–water partition coefficient (Wildman–Crippen LogP) is 3.15. The van der Waals surface area contributed by atoms with E-state index in [2.05, 4.69) is 15.2 Å². The number of hydrogen-bond donors (Lipinski definition) is 2. The number of piperazine rings is 1. The van der Waals surface area contributed by atoms with Gasteiger partial charge in [-0.25, -0.2) is 14.6 Å². The molecule has 2 saturated heterocycles. The Kier molecular flexibility index (Phi) is 6.15. The number of nitrogens with one attached hydrogen (secondary N) is 1. The van der Waals surface area contributed by atoms with Crippen LogP contribution in [0.4, 0.5) is 10.6 Å². The molecule has 1 unspecified atom stereocenters. The molecule has 3 heterocycles. The van der Waals surface area contributed by atoms with E-state index in [1.54, 1.807) is 4.90 Å². The van der Waals surface area contributed by atoms with Crippen molar-refractivity contribution in [2.45, 2.75) is 63.6 Å². The Balaban J connectivity index is 1.44. The van der Waals surface area contributed by atoms with Crippen molar-refractivity contribution in [1.82, 2.24) is 15.2 Å². The lowest BCUT2D eigenvalue weighted by Gasteiger charge is -2.34.